The summed E-state index contributed by atoms with van der Waals surface area (Å²) in [5.74, 6) is 0.101. The van der Waals surface area contributed by atoms with Crippen LogP contribution in [0, 0.1) is 0 Å². The Morgan fingerprint density at radius 2 is 2.08 bits per heavy atom. The molecular weight excluding hydrogens is 334 g/mol. The molecule has 4 rings (SSSR count). The standard InChI is InChI=1S/C18H21N5O3/c1-26-16-11-22(10-14(16)15-9-19-21-20-15)18(25)12-4-6-13(7-5-12)23-8-2-3-17(23)24/h4-7,9,14,16H,2-3,8,10-11H2,1H3,(H,19,20,21)/t14-,16+/m0/s1. The Labute approximate surface area is 151 Å². The van der Waals surface area contributed by atoms with E-state index in [1.807, 2.05) is 12.1 Å². The average molecular weight is 355 g/mol. The van der Waals surface area contributed by atoms with Gasteiger partial charge in [0.15, 0.2) is 0 Å². The number of nitrogens with zero attached hydrogens (tertiary/aromatic N) is 4. The Morgan fingerprint density at radius 1 is 1.27 bits per heavy atom. The lowest BCUT2D eigenvalue weighted by Gasteiger charge is -2.18. The normalized spacial score (nSPS) is 23.0. The number of carbonyl (C=O) groups excluding carboxylic acids is 2. The van der Waals surface area contributed by atoms with E-state index >= 15 is 0 Å². The lowest BCUT2D eigenvalue weighted by molar-refractivity contribution is -0.117. The van der Waals surface area contributed by atoms with Crippen molar-refractivity contribution in [3.05, 3.63) is 41.7 Å². The Morgan fingerprint density at radius 3 is 2.69 bits per heavy atom. The number of H-pyrrole nitrogens is 1. The summed E-state index contributed by atoms with van der Waals surface area (Å²) < 4.78 is 5.54. The molecule has 0 bridgehead atoms. The maximum absolute atomic E-state index is 12.9. The van der Waals surface area contributed by atoms with Crippen molar-refractivity contribution in [1.82, 2.24) is 20.3 Å². The molecule has 0 spiro atoms. The second-order valence-corrected chi connectivity index (χ2v) is 6.68. The number of methoxy groups -OCH3 is 1. The van der Waals surface area contributed by atoms with E-state index in [0.29, 0.717) is 25.1 Å². The molecule has 1 N–H and O–H groups in total. The molecule has 0 radical (unpaired) electrons. The van der Waals surface area contributed by atoms with Gasteiger partial charge in [0.25, 0.3) is 5.91 Å². The van der Waals surface area contributed by atoms with Gasteiger partial charge < -0.3 is 14.5 Å². The molecule has 1 aromatic carbocycles. The zero-order valence-corrected chi connectivity index (χ0v) is 14.6. The number of amides is 2. The van der Waals surface area contributed by atoms with Crippen LogP contribution in [0.2, 0.25) is 0 Å². The van der Waals surface area contributed by atoms with Gasteiger partial charge in [-0.15, -0.1) is 0 Å². The first-order chi connectivity index (χ1) is 12.7. The number of carbonyl (C=O) groups is 2. The first-order valence-corrected chi connectivity index (χ1v) is 8.75. The molecule has 2 fully saturated rings. The topological polar surface area (TPSA) is 91.4 Å². The minimum absolute atomic E-state index is 0.00388. The van der Waals surface area contributed by atoms with Crippen molar-refractivity contribution in [2.24, 2.45) is 0 Å². The molecule has 8 nitrogen and oxygen atoms in total. The molecule has 8 heteroatoms. The summed E-state index contributed by atoms with van der Waals surface area (Å²) >= 11 is 0. The number of aromatic nitrogens is 3. The SMILES string of the molecule is CO[C@@H]1CN(C(=O)c2ccc(N3CCCC3=O)cc2)C[C@H]1c1cn[nH]n1. The lowest BCUT2D eigenvalue weighted by atomic mass is 10.0. The van der Waals surface area contributed by atoms with Crippen molar-refractivity contribution in [1.29, 1.82) is 0 Å². The van der Waals surface area contributed by atoms with Crippen LogP contribution in [0.25, 0.3) is 0 Å². The first kappa shape index (κ1) is 16.7. The monoisotopic (exact) mass is 355 g/mol. The Bertz CT molecular complexity index is 790. The van der Waals surface area contributed by atoms with E-state index in [-0.39, 0.29) is 23.8 Å². The molecule has 2 aliphatic heterocycles. The summed E-state index contributed by atoms with van der Waals surface area (Å²) in [6.45, 7) is 1.79. The molecule has 2 aliphatic rings. The van der Waals surface area contributed by atoms with Gasteiger partial charge >= 0.3 is 0 Å². The molecule has 0 aliphatic carbocycles. The van der Waals surface area contributed by atoms with Gasteiger partial charge in [0.2, 0.25) is 5.91 Å². The first-order valence-electron chi connectivity index (χ1n) is 8.75. The summed E-state index contributed by atoms with van der Waals surface area (Å²) in [6.07, 6.45) is 3.04. The van der Waals surface area contributed by atoms with Gasteiger partial charge in [-0.1, -0.05) is 0 Å². The number of rotatable bonds is 4. The summed E-state index contributed by atoms with van der Waals surface area (Å²) in [5.41, 5.74) is 2.26. The van der Waals surface area contributed by atoms with Crippen LogP contribution >= 0.6 is 0 Å². The number of ether oxygens (including phenoxy) is 1. The number of hydrogen-bond acceptors (Lipinski definition) is 5. The fraction of sp³-hybridized carbons (Fsp3) is 0.444. The van der Waals surface area contributed by atoms with Crippen molar-refractivity contribution in [3.63, 3.8) is 0 Å². The van der Waals surface area contributed by atoms with E-state index in [1.165, 1.54) is 0 Å². The van der Waals surface area contributed by atoms with E-state index < -0.39 is 0 Å². The van der Waals surface area contributed by atoms with Gasteiger partial charge in [-0.25, -0.2) is 0 Å². The molecule has 136 valence electrons. The number of aromatic amines is 1. The van der Waals surface area contributed by atoms with Crippen LogP contribution in [-0.2, 0) is 9.53 Å². The maximum Gasteiger partial charge on any atom is 0.253 e. The number of hydrogen-bond donors (Lipinski definition) is 1. The molecule has 2 saturated heterocycles. The number of benzene rings is 1. The molecule has 1 aromatic heterocycles. The maximum atomic E-state index is 12.9. The third-order valence-corrected chi connectivity index (χ3v) is 5.17. The zero-order valence-electron chi connectivity index (χ0n) is 14.6. The highest BCUT2D eigenvalue weighted by molar-refractivity contribution is 5.97. The highest BCUT2D eigenvalue weighted by atomic mass is 16.5. The average Bonchev–Trinajstić information content (AvgIpc) is 3.41. The van der Waals surface area contributed by atoms with Gasteiger partial charge in [0, 0.05) is 44.4 Å². The van der Waals surface area contributed by atoms with Gasteiger partial charge in [-0.3, -0.25) is 9.59 Å². The molecular formula is C18H21N5O3. The smallest absolute Gasteiger partial charge is 0.253 e. The van der Waals surface area contributed by atoms with Crippen LogP contribution in [-0.4, -0.2) is 65.0 Å². The summed E-state index contributed by atoms with van der Waals surface area (Å²) in [5, 5.41) is 10.6. The molecule has 26 heavy (non-hydrogen) atoms. The minimum atomic E-state index is -0.106. The van der Waals surface area contributed by atoms with E-state index in [4.69, 9.17) is 4.74 Å². The molecule has 0 unspecified atom stereocenters. The molecule has 2 aromatic rings. The zero-order chi connectivity index (χ0) is 18.1. The highest BCUT2D eigenvalue weighted by Crippen LogP contribution is 2.29. The highest BCUT2D eigenvalue weighted by Gasteiger charge is 2.38. The van der Waals surface area contributed by atoms with Gasteiger partial charge in [0.1, 0.15) is 0 Å². The van der Waals surface area contributed by atoms with Crippen LogP contribution < -0.4 is 4.90 Å². The van der Waals surface area contributed by atoms with Crippen LogP contribution in [0.15, 0.2) is 30.5 Å². The Kier molecular flexibility index (Phi) is 4.42. The minimum Gasteiger partial charge on any atom is -0.379 e. The fourth-order valence-corrected chi connectivity index (χ4v) is 3.74. The van der Waals surface area contributed by atoms with Crippen molar-refractivity contribution >= 4 is 17.5 Å². The third kappa shape index (κ3) is 2.96. The summed E-state index contributed by atoms with van der Waals surface area (Å²) in [4.78, 5) is 28.3. The number of likely N-dealkylation sites (tertiary alicyclic amines) is 1. The van der Waals surface area contributed by atoms with Crippen molar-refractivity contribution in [3.8, 4) is 0 Å². The summed E-state index contributed by atoms with van der Waals surface area (Å²) in [6, 6.07) is 7.26. The molecule has 2 amide bonds. The second kappa shape index (κ2) is 6.87. The van der Waals surface area contributed by atoms with Crippen molar-refractivity contribution in [2.75, 3.05) is 31.6 Å². The predicted octanol–water partition coefficient (Wildman–Crippen LogP) is 1.19. The molecule has 3 heterocycles. The quantitative estimate of drug-likeness (QED) is 0.889. The number of anilines is 1. The largest absolute Gasteiger partial charge is 0.379 e. The van der Waals surface area contributed by atoms with Crippen LogP contribution in [0.5, 0.6) is 0 Å². The molecule has 2 atom stereocenters. The fourth-order valence-electron chi connectivity index (χ4n) is 3.74. The van der Waals surface area contributed by atoms with Gasteiger partial charge in [-0.2, -0.15) is 15.4 Å². The third-order valence-electron chi connectivity index (χ3n) is 5.17. The van der Waals surface area contributed by atoms with Crippen LogP contribution in [0.4, 0.5) is 5.69 Å². The van der Waals surface area contributed by atoms with Crippen LogP contribution in [0.3, 0.4) is 0 Å². The van der Waals surface area contributed by atoms with Gasteiger partial charge in [0.05, 0.1) is 23.9 Å². The predicted molar refractivity (Wildman–Crippen MR) is 93.9 cm³/mol. The number of nitrogens with one attached hydrogen (secondary N) is 1. The second-order valence-electron chi connectivity index (χ2n) is 6.68. The van der Waals surface area contributed by atoms with Crippen molar-refractivity contribution < 1.29 is 14.3 Å². The van der Waals surface area contributed by atoms with Gasteiger partial charge in [-0.05, 0) is 30.7 Å². The Hall–Kier alpha value is -2.74. The van der Waals surface area contributed by atoms with E-state index in [0.717, 1.165) is 24.3 Å². The van der Waals surface area contributed by atoms with Crippen LogP contribution in [0.1, 0.15) is 34.8 Å². The summed E-state index contributed by atoms with van der Waals surface area (Å²) in [7, 11) is 1.65. The Balaban J connectivity index is 1.48. The lowest BCUT2D eigenvalue weighted by Crippen LogP contribution is -2.30. The van der Waals surface area contributed by atoms with E-state index in [2.05, 4.69) is 15.4 Å². The van der Waals surface area contributed by atoms with Crippen molar-refractivity contribution in [2.45, 2.75) is 24.9 Å². The van der Waals surface area contributed by atoms with E-state index in [1.54, 1.807) is 35.2 Å². The van der Waals surface area contributed by atoms with E-state index in [9.17, 15) is 9.59 Å². The molecule has 0 saturated carbocycles.